The van der Waals surface area contributed by atoms with Gasteiger partial charge in [-0.1, -0.05) is 40.6 Å². The molecule has 0 bridgehead atoms. The van der Waals surface area contributed by atoms with Gasteiger partial charge in [0.1, 0.15) is 0 Å². The summed E-state index contributed by atoms with van der Waals surface area (Å²) in [6.45, 7) is 4.64. The van der Waals surface area contributed by atoms with Gasteiger partial charge in [0.2, 0.25) is 0 Å². The van der Waals surface area contributed by atoms with E-state index in [1.165, 1.54) is 24.8 Å². The van der Waals surface area contributed by atoms with E-state index >= 15 is 0 Å². The van der Waals surface area contributed by atoms with Gasteiger partial charge in [-0.25, -0.2) is 0 Å². The highest BCUT2D eigenvalue weighted by Gasteiger charge is 2.32. The van der Waals surface area contributed by atoms with Gasteiger partial charge in [-0.2, -0.15) is 0 Å². The van der Waals surface area contributed by atoms with Gasteiger partial charge in [0.05, 0.1) is 12.2 Å². The van der Waals surface area contributed by atoms with Gasteiger partial charge in [0.25, 0.3) is 0 Å². The molecule has 19 heavy (non-hydrogen) atoms. The van der Waals surface area contributed by atoms with E-state index in [9.17, 15) is 0 Å². The first-order valence-electron chi connectivity index (χ1n) is 7.23. The van der Waals surface area contributed by atoms with Crippen LogP contribution >= 0.6 is 15.9 Å². The van der Waals surface area contributed by atoms with Crippen molar-refractivity contribution in [3.8, 4) is 0 Å². The van der Waals surface area contributed by atoms with E-state index in [-0.39, 0.29) is 6.10 Å². The highest BCUT2D eigenvalue weighted by atomic mass is 79.9. The average Bonchev–Trinajstić information content (AvgIpc) is 2.38. The fraction of sp³-hybridized carbons (Fsp3) is 0.529. The molecule has 1 aromatic carbocycles. The maximum Gasteiger partial charge on any atom is 0.0870 e. The number of hydrogen-bond donors (Lipinski definition) is 0. The second kappa shape index (κ2) is 5.41. The molecule has 3 rings (SSSR count). The van der Waals surface area contributed by atoms with Gasteiger partial charge in [-0.15, -0.1) is 0 Å². The van der Waals surface area contributed by atoms with E-state index in [0.717, 1.165) is 16.8 Å². The van der Waals surface area contributed by atoms with Crippen LogP contribution in [0.3, 0.4) is 0 Å². The van der Waals surface area contributed by atoms with E-state index in [0.29, 0.717) is 6.10 Å². The van der Waals surface area contributed by atoms with E-state index < -0.39 is 0 Å². The molecular formula is C17H21BrO. The van der Waals surface area contributed by atoms with Crippen molar-refractivity contribution in [3.63, 3.8) is 0 Å². The highest BCUT2D eigenvalue weighted by Crippen LogP contribution is 2.42. The van der Waals surface area contributed by atoms with Crippen molar-refractivity contribution in [2.45, 2.75) is 51.7 Å². The lowest BCUT2D eigenvalue weighted by Gasteiger charge is -2.38. The molecule has 1 aliphatic carbocycles. The summed E-state index contributed by atoms with van der Waals surface area (Å²) in [4.78, 5) is 0. The minimum Gasteiger partial charge on any atom is -0.366 e. The second-order valence-corrected chi connectivity index (χ2v) is 6.97. The number of fused-ring (bicyclic) bond motifs is 1. The molecule has 0 aromatic heterocycles. The molecule has 102 valence electrons. The summed E-state index contributed by atoms with van der Waals surface area (Å²) in [5.41, 5.74) is 4.46. The van der Waals surface area contributed by atoms with E-state index in [4.69, 9.17) is 4.74 Å². The third-order valence-corrected chi connectivity index (χ3v) is 5.05. The van der Waals surface area contributed by atoms with Crippen molar-refractivity contribution >= 4 is 15.9 Å². The molecule has 0 radical (unpaired) electrons. The summed E-state index contributed by atoms with van der Waals surface area (Å²) >= 11 is 3.49. The van der Waals surface area contributed by atoms with E-state index in [2.05, 4.69) is 54.0 Å². The Bertz CT molecular complexity index is 488. The van der Waals surface area contributed by atoms with Crippen LogP contribution in [0, 0.1) is 5.92 Å². The van der Waals surface area contributed by atoms with Crippen LogP contribution in [-0.2, 0) is 4.74 Å². The van der Waals surface area contributed by atoms with Gasteiger partial charge in [-0.05, 0) is 61.8 Å². The molecule has 1 saturated carbocycles. The zero-order chi connectivity index (χ0) is 13.4. The van der Waals surface area contributed by atoms with Crippen molar-refractivity contribution in [2.75, 3.05) is 0 Å². The Morgan fingerprint density at radius 3 is 2.63 bits per heavy atom. The minimum absolute atomic E-state index is 0.243. The standard InChI is InChI=1S/C17H21BrO/c1-11-3-8-15-12(2)10-16(19-17(15)9-11)13-4-6-14(18)7-5-13/h4-7,11,16-17H,3,8-10H2,1-2H3/t11-,16-,17-/m1/s1. The Morgan fingerprint density at radius 2 is 1.89 bits per heavy atom. The molecule has 0 N–H and O–H groups in total. The Balaban J connectivity index is 1.83. The third-order valence-electron chi connectivity index (χ3n) is 4.52. The number of halogens is 1. The molecule has 1 heterocycles. The lowest BCUT2D eigenvalue weighted by molar-refractivity contribution is -0.0261. The monoisotopic (exact) mass is 320 g/mol. The van der Waals surface area contributed by atoms with Gasteiger partial charge in [-0.3, -0.25) is 0 Å². The number of rotatable bonds is 1. The largest absolute Gasteiger partial charge is 0.366 e. The highest BCUT2D eigenvalue weighted by molar-refractivity contribution is 9.10. The maximum absolute atomic E-state index is 6.38. The number of benzene rings is 1. The lowest BCUT2D eigenvalue weighted by atomic mass is 9.79. The van der Waals surface area contributed by atoms with Gasteiger partial charge in [0, 0.05) is 4.47 Å². The van der Waals surface area contributed by atoms with Crippen molar-refractivity contribution < 1.29 is 4.74 Å². The molecule has 0 spiro atoms. The predicted octanol–water partition coefficient (Wildman–Crippen LogP) is 5.42. The summed E-state index contributed by atoms with van der Waals surface area (Å²) in [5.74, 6) is 0.796. The van der Waals surface area contributed by atoms with Crippen LogP contribution in [0.25, 0.3) is 0 Å². The van der Waals surface area contributed by atoms with Crippen molar-refractivity contribution in [1.29, 1.82) is 0 Å². The first kappa shape index (κ1) is 13.4. The average molecular weight is 321 g/mol. The molecule has 2 aliphatic rings. The van der Waals surface area contributed by atoms with Crippen LogP contribution in [0.1, 0.15) is 51.2 Å². The van der Waals surface area contributed by atoms with Crippen LogP contribution < -0.4 is 0 Å². The Kier molecular flexibility index (Phi) is 3.81. The van der Waals surface area contributed by atoms with E-state index in [1.807, 2.05) is 0 Å². The fourth-order valence-corrected chi connectivity index (χ4v) is 3.61. The lowest BCUT2D eigenvalue weighted by Crippen LogP contribution is -2.30. The van der Waals surface area contributed by atoms with Crippen LogP contribution in [0.4, 0.5) is 0 Å². The molecule has 1 fully saturated rings. The number of ether oxygens (including phenoxy) is 1. The van der Waals surface area contributed by atoms with Gasteiger partial charge in [0.15, 0.2) is 0 Å². The van der Waals surface area contributed by atoms with Crippen LogP contribution in [0.5, 0.6) is 0 Å². The Labute approximate surface area is 124 Å². The third kappa shape index (κ3) is 2.80. The Hall–Kier alpha value is -0.600. The summed E-state index contributed by atoms with van der Waals surface area (Å²) in [6.07, 6.45) is 5.43. The Morgan fingerprint density at radius 1 is 1.16 bits per heavy atom. The zero-order valence-corrected chi connectivity index (χ0v) is 13.2. The van der Waals surface area contributed by atoms with Crippen molar-refractivity contribution in [1.82, 2.24) is 0 Å². The summed E-state index contributed by atoms with van der Waals surface area (Å²) in [5, 5.41) is 0. The molecule has 0 saturated heterocycles. The normalized spacial score (nSPS) is 31.2. The zero-order valence-electron chi connectivity index (χ0n) is 11.7. The van der Waals surface area contributed by atoms with Crippen LogP contribution in [0.2, 0.25) is 0 Å². The quantitative estimate of drug-likeness (QED) is 0.628. The first-order chi connectivity index (χ1) is 9.13. The summed E-state index contributed by atoms with van der Waals surface area (Å²) < 4.78 is 7.51. The van der Waals surface area contributed by atoms with Gasteiger partial charge >= 0.3 is 0 Å². The van der Waals surface area contributed by atoms with Gasteiger partial charge < -0.3 is 4.74 Å². The second-order valence-electron chi connectivity index (χ2n) is 6.05. The molecule has 1 aliphatic heterocycles. The molecule has 2 heteroatoms. The molecule has 0 unspecified atom stereocenters. The minimum atomic E-state index is 0.243. The predicted molar refractivity (Wildman–Crippen MR) is 82.1 cm³/mol. The van der Waals surface area contributed by atoms with Crippen LogP contribution in [-0.4, -0.2) is 6.10 Å². The van der Waals surface area contributed by atoms with E-state index in [1.54, 1.807) is 11.1 Å². The molecule has 0 amide bonds. The molecule has 1 aromatic rings. The van der Waals surface area contributed by atoms with Crippen molar-refractivity contribution in [3.05, 3.63) is 45.4 Å². The number of hydrogen-bond acceptors (Lipinski definition) is 1. The van der Waals surface area contributed by atoms with Crippen molar-refractivity contribution in [2.24, 2.45) is 5.92 Å². The molecule has 3 atom stereocenters. The molecular weight excluding hydrogens is 300 g/mol. The van der Waals surface area contributed by atoms with Crippen LogP contribution in [0.15, 0.2) is 39.9 Å². The fourth-order valence-electron chi connectivity index (χ4n) is 3.34. The summed E-state index contributed by atoms with van der Waals surface area (Å²) in [7, 11) is 0. The SMILES string of the molecule is CC1=C2CC[C@@H](C)C[C@H]2O[C@@H](c2ccc(Br)cc2)C1. The maximum atomic E-state index is 6.38. The molecule has 1 nitrogen and oxygen atoms in total. The smallest absolute Gasteiger partial charge is 0.0870 e. The first-order valence-corrected chi connectivity index (χ1v) is 8.02. The topological polar surface area (TPSA) is 9.23 Å². The summed E-state index contributed by atoms with van der Waals surface area (Å²) in [6, 6.07) is 8.58.